The summed E-state index contributed by atoms with van der Waals surface area (Å²) in [6.07, 6.45) is 3.35. The van der Waals surface area contributed by atoms with Crippen LogP contribution < -0.4 is 5.73 Å². The maximum absolute atomic E-state index is 12.3. The highest BCUT2D eigenvalue weighted by molar-refractivity contribution is 9.10. The van der Waals surface area contributed by atoms with Crippen LogP contribution in [0.1, 0.15) is 16.8 Å². The second kappa shape index (κ2) is 6.02. The van der Waals surface area contributed by atoms with Crippen molar-refractivity contribution in [2.24, 2.45) is 0 Å². The standard InChI is InChI=1S/C15H15BrN4O2/c16-10-5-12(14(17)19-7-10)13-2-1-9(6-18-13)15(22)20-4-3-11(21)8-20/h1-2,5-7,11,21H,3-4,8H2,(H2,17,19)/t11-/m0/s1. The third-order valence-corrected chi connectivity index (χ3v) is 4.06. The molecule has 0 radical (unpaired) electrons. The van der Waals surface area contributed by atoms with Gasteiger partial charge in [0.05, 0.1) is 17.4 Å². The van der Waals surface area contributed by atoms with E-state index in [2.05, 4.69) is 25.9 Å². The largest absolute Gasteiger partial charge is 0.391 e. The molecule has 1 saturated heterocycles. The monoisotopic (exact) mass is 362 g/mol. The zero-order valence-electron chi connectivity index (χ0n) is 11.7. The van der Waals surface area contributed by atoms with Gasteiger partial charge < -0.3 is 15.7 Å². The van der Waals surface area contributed by atoms with Gasteiger partial charge in [0.15, 0.2) is 0 Å². The Morgan fingerprint density at radius 2 is 2.18 bits per heavy atom. The first-order valence-corrected chi connectivity index (χ1v) is 7.68. The van der Waals surface area contributed by atoms with Crippen LogP contribution in [0.25, 0.3) is 11.3 Å². The van der Waals surface area contributed by atoms with E-state index in [0.717, 1.165) is 4.47 Å². The maximum Gasteiger partial charge on any atom is 0.255 e. The molecule has 0 saturated carbocycles. The smallest absolute Gasteiger partial charge is 0.255 e. The summed E-state index contributed by atoms with van der Waals surface area (Å²) < 4.78 is 0.810. The molecule has 0 bridgehead atoms. The van der Waals surface area contributed by atoms with Crippen LogP contribution in [0.5, 0.6) is 0 Å². The van der Waals surface area contributed by atoms with Crippen molar-refractivity contribution < 1.29 is 9.90 Å². The molecular weight excluding hydrogens is 348 g/mol. The molecular formula is C15H15BrN4O2. The van der Waals surface area contributed by atoms with Crippen LogP contribution in [-0.4, -0.2) is 45.1 Å². The predicted molar refractivity (Wildman–Crippen MR) is 86.1 cm³/mol. The van der Waals surface area contributed by atoms with Crippen LogP contribution in [0.2, 0.25) is 0 Å². The van der Waals surface area contributed by atoms with E-state index in [9.17, 15) is 9.90 Å². The quantitative estimate of drug-likeness (QED) is 0.847. The lowest BCUT2D eigenvalue weighted by Gasteiger charge is -2.15. The Labute approximate surface area is 136 Å². The molecule has 1 fully saturated rings. The fraction of sp³-hybridized carbons (Fsp3) is 0.267. The summed E-state index contributed by atoms with van der Waals surface area (Å²) in [7, 11) is 0. The molecule has 6 nitrogen and oxygen atoms in total. The van der Waals surface area contributed by atoms with Crippen LogP contribution >= 0.6 is 15.9 Å². The molecule has 3 heterocycles. The number of nitrogens with zero attached hydrogens (tertiary/aromatic N) is 3. The van der Waals surface area contributed by atoms with E-state index < -0.39 is 6.10 Å². The van der Waals surface area contributed by atoms with Crippen molar-refractivity contribution in [3.63, 3.8) is 0 Å². The van der Waals surface area contributed by atoms with Crippen molar-refractivity contribution in [1.29, 1.82) is 0 Å². The van der Waals surface area contributed by atoms with Crippen molar-refractivity contribution >= 4 is 27.7 Å². The van der Waals surface area contributed by atoms with E-state index in [1.54, 1.807) is 23.2 Å². The third-order valence-electron chi connectivity index (χ3n) is 3.62. The van der Waals surface area contributed by atoms with Gasteiger partial charge in [-0.25, -0.2) is 4.98 Å². The van der Waals surface area contributed by atoms with E-state index in [0.29, 0.717) is 42.1 Å². The third kappa shape index (κ3) is 2.95. The number of anilines is 1. The first kappa shape index (κ1) is 14.9. The van der Waals surface area contributed by atoms with Crippen molar-refractivity contribution in [2.45, 2.75) is 12.5 Å². The van der Waals surface area contributed by atoms with Gasteiger partial charge in [-0.2, -0.15) is 0 Å². The van der Waals surface area contributed by atoms with Crippen molar-refractivity contribution in [3.05, 3.63) is 40.6 Å². The molecule has 2 aromatic heterocycles. The van der Waals surface area contributed by atoms with Crippen LogP contribution in [0.4, 0.5) is 5.82 Å². The Bertz CT molecular complexity index is 705. The lowest BCUT2D eigenvalue weighted by molar-refractivity contribution is 0.0764. The minimum atomic E-state index is -0.427. The number of amides is 1. The highest BCUT2D eigenvalue weighted by atomic mass is 79.9. The number of rotatable bonds is 2. The number of aliphatic hydroxyl groups excluding tert-OH is 1. The molecule has 7 heteroatoms. The summed E-state index contributed by atoms with van der Waals surface area (Å²) >= 11 is 3.35. The average Bonchev–Trinajstić information content (AvgIpc) is 2.96. The van der Waals surface area contributed by atoms with Gasteiger partial charge in [0.2, 0.25) is 0 Å². The fourth-order valence-electron chi connectivity index (χ4n) is 2.44. The van der Waals surface area contributed by atoms with Crippen LogP contribution in [0.15, 0.2) is 35.1 Å². The normalized spacial score (nSPS) is 17.7. The molecule has 0 spiro atoms. The zero-order chi connectivity index (χ0) is 15.7. The minimum absolute atomic E-state index is 0.115. The van der Waals surface area contributed by atoms with Gasteiger partial charge in [-0.1, -0.05) is 0 Å². The molecule has 22 heavy (non-hydrogen) atoms. The number of hydrogen-bond acceptors (Lipinski definition) is 5. The molecule has 114 valence electrons. The van der Waals surface area contributed by atoms with Gasteiger partial charge in [0.1, 0.15) is 5.82 Å². The van der Waals surface area contributed by atoms with E-state index >= 15 is 0 Å². The highest BCUT2D eigenvalue weighted by Crippen LogP contribution is 2.26. The van der Waals surface area contributed by atoms with E-state index in [1.165, 1.54) is 6.20 Å². The number of pyridine rings is 2. The SMILES string of the molecule is Nc1ncc(Br)cc1-c1ccc(C(=O)N2CC[C@H](O)C2)cn1. The summed E-state index contributed by atoms with van der Waals surface area (Å²) in [6, 6.07) is 5.30. The molecule has 1 amide bonds. The van der Waals surface area contributed by atoms with Crippen LogP contribution in [0.3, 0.4) is 0 Å². The highest BCUT2D eigenvalue weighted by Gasteiger charge is 2.25. The van der Waals surface area contributed by atoms with Gasteiger partial charge in [-0.15, -0.1) is 0 Å². The Hall–Kier alpha value is -1.99. The first-order chi connectivity index (χ1) is 10.5. The number of likely N-dealkylation sites (tertiary alicyclic amines) is 1. The number of β-amino-alcohol motifs (C(OH)–C–C–N with tert-alkyl or cyclic N) is 1. The molecule has 1 aliphatic heterocycles. The number of aromatic nitrogens is 2. The summed E-state index contributed by atoms with van der Waals surface area (Å²) in [5.74, 6) is 0.272. The number of aliphatic hydroxyl groups is 1. The number of nitrogens with two attached hydrogens (primary N) is 1. The molecule has 3 rings (SSSR count). The van der Waals surface area contributed by atoms with Gasteiger partial charge in [-0.3, -0.25) is 9.78 Å². The molecule has 0 unspecified atom stereocenters. The lowest BCUT2D eigenvalue weighted by Crippen LogP contribution is -2.29. The predicted octanol–water partition coefficient (Wildman–Crippen LogP) is 1.70. The zero-order valence-corrected chi connectivity index (χ0v) is 13.3. The molecule has 1 aliphatic rings. The Kier molecular flexibility index (Phi) is 4.08. The van der Waals surface area contributed by atoms with Crippen LogP contribution in [0, 0.1) is 0 Å². The number of hydrogen-bond donors (Lipinski definition) is 2. The lowest BCUT2D eigenvalue weighted by atomic mass is 10.1. The van der Waals surface area contributed by atoms with Crippen LogP contribution in [-0.2, 0) is 0 Å². The van der Waals surface area contributed by atoms with Gasteiger partial charge >= 0.3 is 0 Å². The van der Waals surface area contributed by atoms with Gasteiger partial charge in [0, 0.05) is 35.5 Å². The van der Waals surface area contributed by atoms with E-state index in [1.807, 2.05) is 6.07 Å². The average molecular weight is 363 g/mol. The van der Waals surface area contributed by atoms with Gasteiger partial charge in [0.25, 0.3) is 5.91 Å². The van der Waals surface area contributed by atoms with E-state index in [4.69, 9.17) is 5.73 Å². The number of halogens is 1. The minimum Gasteiger partial charge on any atom is -0.391 e. The molecule has 3 N–H and O–H groups in total. The number of nitrogen functional groups attached to an aromatic ring is 1. The summed E-state index contributed by atoms with van der Waals surface area (Å²) in [5.41, 5.74) is 7.73. The fourth-order valence-corrected chi connectivity index (χ4v) is 2.77. The maximum atomic E-state index is 12.3. The Morgan fingerprint density at radius 3 is 2.82 bits per heavy atom. The van der Waals surface area contributed by atoms with E-state index in [-0.39, 0.29) is 5.91 Å². The van der Waals surface area contributed by atoms with Crippen molar-refractivity contribution in [3.8, 4) is 11.3 Å². The topological polar surface area (TPSA) is 92.3 Å². The molecule has 1 atom stereocenters. The summed E-state index contributed by atoms with van der Waals surface area (Å²) in [5, 5.41) is 9.51. The van der Waals surface area contributed by atoms with Gasteiger partial charge in [-0.05, 0) is 40.5 Å². The number of carbonyl (C=O) groups is 1. The molecule has 0 aliphatic carbocycles. The second-order valence-electron chi connectivity index (χ2n) is 5.21. The molecule has 0 aromatic carbocycles. The number of carbonyl (C=O) groups excluding carboxylic acids is 1. The molecule has 2 aromatic rings. The first-order valence-electron chi connectivity index (χ1n) is 6.89. The second-order valence-corrected chi connectivity index (χ2v) is 6.13. The Balaban J connectivity index is 1.83. The van der Waals surface area contributed by atoms with Crippen molar-refractivity contribution in [1.82, 2.24) is 14.9 Å². The summed E-state index contributed by atoms with van der Waals surface area (Å²) in [4.78, 5) is 22.3. The summed E-state index contributed by atoms with van der Waals surface area (Å²) in [6.45, 7) is 0.952. The Morgan fingerprint density at radius 1 is 1.36 bits per heavy atom. The van der Waals surface area contributed by atoms with Crippen molar-refractivity contribution in [2.75, 3.05) is 18.8 Å².